The van der Waals surface area contributed by atoms with Crippen LogP contribution in [0.2, 0.25) is 0 Å². The fraction of sp³-hybridized carbons (Fsp3) is 0.188. The molecule has 1 amide bonds. The Morgan fingerprint density at radius 3 is 2.24 bits per heavy atom. The molecule has 0 aliphatic rings. The minimum atomic E-state index is -0.241. The highest BCUT2D eigenvalue weighted by atomic mass is 16.5. The van der Waals surface area contributed by atoms with Crippen LogP contribution in [0.4, 0.5) is 11.4 Å². The second-order valence-corrected chi connectivity index (χ2v) is 4.59. The smallest absolute Gasteiger partial charge is 0.255 e. The van der Waals surface area contributed by atoms with E-state index >= 15 is 0 Å². The summed E-state index contributed by atoms with van der Waals surface area (Å²) in [4.78, 5) is 12.2. The number of ether oxygens (including phenoxy) is 2. The highest BCUT2D eigenvalue weighted by molar-refractivity contribution is 6.05. The minimum absolute atomic E-state index is 0.241. The van der Waals surface area contributed by atoms with Gasteiger partial charge in [0, 0.05) is 34.6 Å². The maximum atomic E-state index is 12.2. The van der Waals surface area contributed by atoms with Gasteiger partial charge in [-0.25, -0.2) is 0 Å². The van der Waals surface area contributed by atoms with Crippen molar-refractivity contribution in [2.45, 2.75) is 6.92 Å². The number of rotatable bonds is 4. The second-order valence-electron chi connectivity index (χ2n) is 4.59. The Bertz CT molecular complexity index is 643. The quantitative estimate of drug-likeness (QED) is 0.848. The molecule has 21 heavy (non-hydrogen) atoms. The molecule has 2 aromatic carbocycles. The van der Waals surface area contributed by atoms with Gasteiger partial charge in [0.15, 0.2) is 0 Å². The fourth-order valence-corrected chi connectivity index (χ4v) is 2.04. The molecule has 0 spiro atoms. The molecule has 0 aromatic heterocycles. The van der Waals surface area contributed by atoms with E-state index in [2.05, 4.69) is 5.32 Å². The minimum Gasteiger partial charge on any atom is -0.496 e. The summed E-state index contributed by atoms with van der Waals surface area (Å²) < 4.78 is 10.6. The highest BCUT2D eigenvalue weighted by Crippen LogP contribution is 2.32. The summed E-state index contributed by atoms with van der Waals surface area (Å²) in [6, 6.07) is 10.3. The Morgan fingerprint density at radius 2 is 1.71 bits per heavy atom. The third-order valence-corrected chi connectivity index (χ3v) is 3.16. The van der Waals surface area contributed by atoms with Crippen molar-refractivity contribution in [1.29, 1.82) is 0 Å². The number of nitrogen functional groups attached to an aromatic ring is 1. The van der Waals surface area contributed by atoms with E-state index in [1.54, 1.807) is 50.6 Å². The van der Waals surface area contributed by atoms with Crippen LogP contribution in [0.5, 0.6) is 11.5 Å². The van der Waals surface area contributed by atoms with E-state index in [1.165, 1.54) is 0 Å². The van der Waals surface area contributed by atoms with Crippen LogP contribution in [0.3, 0.4) is 0 Å². The number of amides is 1. The molecule has 0 saturated carbocycles. The molecule has 0 radical (unpaired) electrons. The average molecular weight is 286 g/mol. The molecule has 0 fully saturated rings. The lowest BCUT2D eigenvalue weighted by atomic mass is 10.1. The van der Waals surface area contributed by atoms with Crippen molar-refractivity contribution in [3.05, 3.63) is 47.5 Å². The molecule has 0 aliphatic heterocycles. The first-order valence-corrected chi connectivity index (χ1v) is 6.44. The third kappa shape index (κ3) is 3.25. The molecule has 2 aromatic rings. The fourth-order valence-electron chi connectivity index (χ4n) is 2.04. The summed E-state index contributed by atoms with van der Waals surface area (Å²) in [6.45, 7) is 1.89. The topological polar surface area (TPSA) is 73.6 Å². The number of carbonyl (C=O) groups is 1. The predicted molar refractivity (Wildman–Crippen MR) is 83.1 cm³/mol. The van der Waals surface area contributed by atoms with E-state index in [4.69, 9.17) is 15.2 Å². The van der Waals surface area contributed by atoms with Crippen molar-refractivity contribution in [3.63, 3.8) is 0 Å². The molecule has 0 heterocycles. The Hall–Kier alpha value is -2.69. The summed E-state index contributed by atoms with van der Waals surface area (Å²) in [5.41, 5.74) is 8.19. The van der Waals surface area contributed by atoms with Gasteiger partial charge in [-0.15, -0.1) is 0 Å². The third-order valence-electron chi connectivity index (χ3n) is 3.16. The van der Waals surface area contributed by atoms with Gasteiger partial charge in [0.1, 0.15) is 11.5 Å². The molecule has 0 aliphatic carbocycles. The van der Waals surface area contributed by atoms with Crippen molar-refractivity contribution < 1.29 is 14.3 Å². The standard InChI is InChI=1S/C16H18N2O3/c1-10-14(20-2)8-13(9-15(10)21-3)18-16(19)11-5-4-6-12(17)7-11/h4-9H,17H2,1-3H3,(H,18,19). The number of nitrogens with one attached hydrogen (secondary N) is 1. The second kappa shape index (κ2) is 6.17. The van der Waals surface area contributed by atoms with E-state index in [9.17, 15) is 4.79 Å². The summed E-state index contributed by atoms with van der Waals surface area (Å²) in [7, 11) is 3.15. The molecule has 0 bridgehead atoms. The summed E-state index contributed by atoms with van der Waals surface area (Å²) >= 11 is 0. The molecule has 0 saturated heterocycles. The van der Waals surface area contributed by atoms with Crippen molar-refractivity contribution in [3.8, 4) is 11.5 Å². The lowest BCUT2D eigenvalue weighted by Crippen LogP contribution is -2.12. The van der Waals surface area contributed by atoms with Crippen LogP contribution in [-0.2, 0) is 0 Å². The Morgan fingerprint density at radius 1 is 1.10 bits per heavy atom. The molecular weight excluding hydrogens is 268 g/mol. The average Bonchev–Trinajstić information content (AvgIpc) is 2.48. The van der Waals surface area contributed by atoms with E-state index in [0.29, 0.717) is 28.4 Å². The van der Waals surface area contributed by atoms with Crippen LogP contribution in [0, 0.1) is 6.92 Å². The van der Waals surface area contributed by atoms with Crippen LogP contribution < -0.4 is 20.5 Å². The number of nitrogens with two attached hydrogens (primary N) is 1. The van der Waals surface area contributed by atoms with Gasteiger partial charge in [0.2, 0.25) is 0 Å². The number of methoxy groups -OCH3 is 2. The number of anilines is 2. The predicted octanol–water partition coefficient (Wildman–Crippen LogP) is 2.85. The van der Waals surface area contributed by atoms with E-state index in [1.807, 2.05) is 6.92 Å². The van der Waals surface area contributed by atoms with Crippen LogP contribution in [-0.4, -0.2) is 20.1 Å². The molecule has 0 atom stereocenters. The maximum Gasteiger partial charge on any atom is 0.255 e. The van der Waals surface area contributed by atoms with Crippen molar-refractivity contribution in [2.75, 3.05) is 25.3 Å². The van der Waals surface area contributed by atoms with Crippen molar-refractivity contribution in [2.24, 2.45) is 0 Å². The lowest BCUT2D eigenvalue weighted by Gasteiger charge is -2.13. The number of benzene rings is 2. The monoisotopic (exact) mass is 286 g/mol. The van der Waals surface area contributed by atoms with E-state index < -0.39 is 0 Å². The van der Waals surface area contributed by atoms with Gasteiger partial charge < -0.3 is 20.5 Å². The van der Waals surface area contributed by atoms with E-state index in [0.717, 1.165) is 5.56 Å². The van der Waals surface area contributed by atoms with Gasteiger partial charge in [-0.05, 0) is 25.1 Å². The SMILES string of the molecule is COc1cc(NC(=O)c2cccc(N)c2)cc(OC)c1C. The molecule has 3 N–H and O–H groups in total. The normalized spacial score (nSPS) is 10.0. The zero-order valence-electron chi connectivity index (χ0n) is 12.3. The first-order valence-electron chi connectivity index (χ1n) is 6.44. The molecular formula is C16H18N2O3. The first kappa shape index (κ1) is 14.7. The van der Waals surface area contributed by atoms with Crippen molar-refractivity contribution in [1.82, 2.24) is 0 Å². The van der Waals surface area contributed by atoms with Gasteiger partial charge in [0.05, 0.1) is 14.2 Å². The van der Waals surface area contributed by atoms with Crippen LogP contribution in [0.15, 0.2) is 36.4 Å². The van der Waals surface area contributed by atoms with Gasteiger partial charge in [0.25, 0.3) is 5.91 Å². The lowest BCUT2D eigenvalue weighted by molar-refractivity contribution is 0.102. The number of hydrogen-bond donors (Lipinski definition) is 2. The number of hydrogen-bond acceptors (Lipinski definition) is 4. The Kier molecular flexibility index (Phi) is 4.33. The molecule has 5 heteroatoms. The number of carbonyl (C=O) groups excluding carboxylic acids is 1. The van der Waals surface area contributed by atoms with Crippen LogP contribution >= 0.6 is 0 Å². The van der Waals surface area contributed by atoms with Gasteiger partial charge >= 0.3 is 0 Å². The Labute approximate surface area is 123 Å². The van der Waals surface area contributed by atoms with Gasteiger partial charge in [-0.3, -0.25) is 4.79 Å². The largest absolute Gasteiger partial charge is 0.496 e. The Balaban J connectivity index is 2.29. The molecule has 110 valence electrons. The summed E-state index contributed by atoms with van der Waals surface area (Å²) in [6.07, 6.45) is 0. The van der Waals surface area contributed by atoms with E-state index in [-0.39, 0.29) is 5.91 Å². The zero-order chi connectivity index (χ0) is 15.4. The summed E-state index contributed by atoms with van der Waals surface area (Å²) in [5, 5.41) is 2.81. The van der Waals surface area contributed by atoms with Gasteiger partial charge in [-0.1, -0.05) is 6.07 Å². The maximum absolute atomic E-state index is 12.2. The highest BCUT2D eigenvalue weighted by Gasteiger charge is 2.11. The van der Waals surface area contributed by atoms with Crippen molar-refractivity contribution >= 4 is 17.3 Å². The first-order chi connectivity index (χ1) is 10.0. The van der Waals surface area contributed by atoms with Crippen LogP contribution in [0.25, 0.3) is 0 Å². The molecule has 5 nitrogen and oxygen atoms in total. The van der Waals surface area contributed by atoms with Crippen LogP contribution in [0.1, 0.15) is 15.9 Å². The van der Waals surface area contributed by atoms with Gasteiger partial charge in [-0.2, -0.15) is 0 Å². The zero-order valence-corrected chi connectivity index (χ0v) is 12.3. The molecule has 0 unspecified atom stereocenters. The summed E-state index contributed by atoms with van der Waals surface area (Å²) in [5.74, 6) is 1.06. The molecule has 2 rings (SSSR count).